The molecule has 0 atom stereocenters. The smallest absolute Gasteiger partial charge is 0.255 e. The molecule has 1 amide bonds. The molecule has 1 aromatic carbocycles. The van der Waals surface area contributed by atoms with E-state index in [1.54, 1.807) is 0 Å². The number of amides is 1. The molecule has 106 valence electrons. The number of benzene rings is 1. The minimum atomic E-state index is 0.174. The average Bonchev–Trinajstić information content (AvgIpc) is 2.38. The van der Waals surface area contributed by atoms with Crippen molar-refractivity contribution in [3.8, 4) is 0 Å². The molecular formula is C16H24INO. The quantitative estimate of drug-likeness (QED) is 0.669. The van der Waals surface area contributed by atoms with Crippen LogP contribution in [0.15, 0.2) is 24.3 Å². The Bertz CT molecular complexity index is 413. The summed E-state index contributed by atoms with van der Waals surface area (Å²) in [7, 11) is 0. The topological polar surface area (TPSA) is 20.3 Å². The second-order valence-electron chi connectivity index (χ2n) is 5.30. The fraction of sp³-hybridized carbons (Fsp3) is 0.562. The molecule has 0 saturated heterocycles. The van der Waals surface area contributed by atoms with Gasteiger partial charge in [0.05, 0.1) is 5.56 Å². The summed E-state index contributed by atoms with van der Waals surface area (Å²) in [6.07, 6.45) is 2.02. The zero-order valence-electron chi connectivity index (χ0n) is 12.3. The monoisotopic (exact) mass is 373 g/mol. The van der Waals surface area contributed by atoms with Crippen LogP contribution in [0.5, 0.6) is 0 Å². The standard InChI is InChI=1S/C16H24INO/c1-5-13(6-2)18(11-12(3)4)16(19)14-9-7-8-10-15(14)17/h7-10,12-13H,5-6,11H2,1-4H3. The van der Waals surface area contributed by atoms with Gasteiger partial charge in [-0.2, -0.15) is 0 Å². The van der Waals surface area contributed by atoms with Gasteiger partial charge in [-0.25, -0.2) is 0 Å². The fourth-order valence-corrected chi connectivity index (χ4v) is 2.93. The van der Waals surface area contributed by atoms with Crippen LogP contribution in [0.25, 0.3) is 0 Å². The Labute approximate surface area is 130 Å². The molecule has 1 rings (SSSR count). The predicted molar refractivity (Wildman–Crippen MR) is 89.4 cm³/mol. The summed E-state index contributed by atoms with van der Waals surface area (Å²) in [6, 6.07) is 8.18. The predicted octanol–water partition coefficient (Wildman–Crippen LogP) is 4.58. The second-order valence-corrected chi connectivity index (χ2v) is 6.46. The normalized spacial score (nSPS) is 11.1. The number of rotatable bonds is 6. The minimum absolute atomic E-state index is 0.174. The molecule has 3 heteroatoms. The van der Waals surface area contributed by atoms with Gasteiger partial charge in [-0.05, 0) is 53.5 Å². The average molecular weight is 373 g/mol. The second kappa shape index (κ2) is 7.88. The van der Waals surface area contributed by atoms with Crippen LogP contribution in [0, 0.1) is 9.49 Å². The van der Waals surface area contributed by atoms with Crippen molar-refractivity contribution in [3.63, 3.8) is 0 Å². The number of halogens is 1. The summed E-state index contributed by atoms with van der Waals surface area (Å²) in [5.41, 5.74) is 0.829. The van der Waals surface area contributed by atoms with Gasteiger partial charge in [-0.15, -0.1) is 0 Å². The molecule has 0 aliphatic carbocycles. The zero-order valence-corrected chi connectivity index (χ0v) is 14.5. The maximum atomic E-state index is 12.8. The van der Waals surface area contributed by atoms with Crippen LogP contribution in [-0.4, -0.2) is 23.4 Å². The van der Waals surface area contributed by atoms with E-state index in [-0.39, 0.29) is 5.91 Å². The van der Waals surface area contributed by atoms with Crippen LogP contribution in [0.1, 0.15) is 50.9 Å². The van der Waals surface area contributed by atoms with E-state index in [0.29, 0.717) is 12.0 Å². The summed E-state index contributed by atoms with van der Waals surface area (Å²) in [6.45, 7) is 9.48. The summed E-state index contributed by atoms with van der Waals surface area (Å²) in [5.74, 6) is 0.665. The van der Waals surface area contributed by atoms with Crippen LogP contribution in [0.3, 0.4) is 0 Å². The van der Waals surface area contributed by atoms with Crippen LogP contribution >= 0.6 is 22.6 Å². The highest BCUT2D eigenvalue weighted by Crippen LogP contribution is 2.19. The van der Waals surface area contributed by atoms with E-state index in [1.165, 1.54) is 0 Å². The molecule has 1 aromatic rings. The number of carbonyl (C=O) groups is 1. The maximum absolute atomic E-state index is 12.8. The van der Waals surface area contributed by atoms with Gasteiger partial charge in [0.25, 0.3) is 5.91 Å². The molecule has 2 nitrogen and oxygen atoms in total. The fourth-order valence-electron chi connectivity index (χ4n) is 2.31. The molecule has 0 aliphatic rings. The van der Waals surface area contributed by atoms with Crippen molar-refractivity contribution in [1.82, 2.24) is 4.90 Å². The summed E-state index contributed by atoms with van der Waals surface area (Å²) < 4.78 is 1.03. The molecule has 0 fully saturated rings. The third-order valence-electron chi connectivity index (χ3n) is 3.31. The van der Waals surface area contributed by atoms with Crippen molar-refractivity contribution >= 4 is 28.5 Å². The molecule has 0 saturated carbocycles. The Morgan fingerprint density at radius 3 is 2.26 bits per heavy atom. The van der Waals surface area contributed by atoms with Crippen LogP contribution in [0.4, 0.5) is 0 Å². The first kappa shape index (κ1) is 16.5. The molecular weight excluding hydrogens is 349 g/mol. The lowest BCUT2D eigenvalue weighted by Gasteiger charge is -2.32. The SMILES string of the molecule is CCC(CC)N(CC(C)C)C(=O)c1ccccc1I. The van der Waals surface area contributed by atoms with E-state index in [0.717, 1.165) is 28.5 Å². The summed E-state index contributed by atoms with van der Waals surface area (Å²) in [5, 5.41) is 0. The Kier molecular flexibility index (Phi) is 6.83. The Morgan fingerprint density at radius 1 is 1.21 bits per heavy atom. The maximum Gasteiger partial charge on any atom is 0.255 e. The van der Waals surface area contributed by atoms with Crippen molar-refractivity contribution < 1.29 is 4.79 Å². The van der Waals surface area contributed by atoms with E-state index in [1.807, 2.05) is 24.3 Å². The lowest BCUT2D eigenvalue weighted by Crippen LogP contribution is -2.42. The van der Waals surface area contributed by atoms with Crippen molar-refractivity contribution in [2.75, 3.05) is 6.54 Å². The van der Waals surface area contributed by atoms with Crippen molar-refractivity contribution in [1.29, 1.82) is 0 Å². The highest BCUT2D eigenvalue weighted by Gasteiger charge is 2.24. The number of hydrogen-bond donors (Lipinski definition) is 0. The Hall–Kier alpha value is -0.580. The lowest BCUT2D eigenvalue weighted by molar-refractivity contribution is 0.0639. The lowest BCUT2D eigenvalue weighted by atomic mass is 10.1. The summed E-state index contributed by atoms with van der Waals surface area (Å²) in [4.78, 5) is 14.8. The molecule has 0 aromatic heterocycles. The van der Waals surface area contributed by atoms with E-state index in [9.17, 15) is 4.79 Å². The van der Waals surface area contributed by atoms with Crippen molar-refractivity contribution in [2.24, 2.45) is 5.92 Å². The Balaban J connectivity index is 3.03. The van der Waals surface area contributed by atoms with Gasteiger partial charge < -0.3 is 4.90 Å². The number of nitrogens with zero attached hydrogens (tertiary/aromatic N) is 1. The third kappa shape index (κ3) is 4.48. The molecule has 0 unspecified atom stereocenters. The molecule has 0 spiro atoms. The van der Waals surface area contributed by atoms with Crippen LogP contribution in [-0.2, 0) is 0 Å². The van der Waals surface area contributed by atoms with Crippen LogP contribution < -0.4 is 0 Å². The van der Waals surface area contributed by atoms with Crippen LogP contribution in [0.2, 0.25) is 0 Å². The van der Waals surface area contributed by atoms with Gasteiger partial charge in [-0.1, -0.05) is 39.8 Å². The highest BCUT2D eigenvalue weighted by molar-refractivity contribution is 14.1. The largest absolute Gasteiger partial charge is 0.335 e. The van der Waals surface area contributed by atoms with Gasteiger partial charge in [0.15, 0.2) is 0 Å². The van der Waals surface area contributed by atoms with Gasteiger partial charge in [0, 0.05) is 16.2 Å². The first-order valence-corrected chi connectivity index (χ1v) is 8.14. The molecule has 0 heterocycles. The minimum Gasteiger partial charge on any atom is -0.335 e. The van der Waals surface area contributed by atoms with Gasteiger partial charge in [0.2, 0.25) is 0 Å². The molecule has 0 aliphatic heterocycles. The summed E-state index contributed by atoms with van der Waals surface area (Å²) >= 11 is 2.24. The van der Waals surface area contributed by atoms with E-state index in [4.69, 9.17) is 0 Å². The first-order chi connectivity index (χ1) is 9.01. The molecule has 0 bridgehead atoms. The van der Waals surface area contributed by atoms with Gasteiger partial charge >= 0.3 is 0 Å². The number of carbonyl (C=O) groups excluding carboxylic acids is 1. The van der Waals surface area contributed by atoms with Gasteiger partial charge in [0.1, 0.15) is 0 Å². The molecule has 0 N–H and O–H groups in total. The van der Waals surface area contributed by atoms with Crippen molar-refractivity contribution in [3.05, 3.63) is 33.4 Å². The van der Waals surface area contributed by atoms with E-state index >= 15 is 0 Å². The molecule has 19 heavy (non-hydrogen) atoms. The van der Waals surface area contributed by atoms with E-state index in [2.05, 4.69) is 55.2 Å². The Morgan fingerprint density at radius 2 is 1.79 bits per heavy atom. The van der Waals surface area contributed by atoms with E-state index < -0.39 is 0 Å². The molecule has 0 radical (unpaired) electrons. The first-order valence-electron chi connectivity index (χ1n) is 7.06. The van der Waals surface area contributed by atoms with Crippen molar-refractivity contribution in [2.45, 2.75) is 46.6 Å². The third-order valence-corrected chi connectivity index (χ3v) is 4.25. The zero-order chi connectivity index (χ0) is 14.4. The highest BCUT2D eigenvalue weighted by atomic mass is 127. The van der Waals surface area contributed by atoms with Gasteiger partial charge in [-0.3, -0.25) is 4.79 Å². The number of hydrogen-bond acceptors (Lipinski definition) is 1.